The molecule has 0 spiro atoms. The van der Waals surface area contributed by atoms with Gasteiger partial charge in [-0.1, -0.05) is 18.2 Å². The SMILES string of the molecule is Cc1ccccc1N1CCN(c2ccc(C(=O)NCCCN3CCOC3=O)cc2NC(=O)c2ccc(Br)o2)CC1. The minimum absolute atomic E-state index is 0.164. The Morgan fingerprint density at radius 1 is 0.925 bits per heavy atom. The van der Waals surface area contributed by atoms with Crippen LogP contribution in [0.1, 0.15) is 32.9 Å². The predicted octanol–water partition coefficient (Wildman–Crippen LogP) is 4.50. The zero-order chi connectivity index (χ0) is 28.1. The fraction of sp³-hybridized carbons (Fsp3) is 0.345. The van der Waals surface area contributed by atoms with E-state index in [4.69, 9.17) is 9.15 Å². The quantitative estimate of drug-likeness (QED) is 0.344. The van der Waals surface area contributed by atoms with Gasteiger partial charge in [0, 0.05) is 50.5 Å². The maximum absolute atomic E-state index is 13.0. The van der Waals surface area contributed by atoms with E-state index in [2.05, 4.69) is 61.5 Å². The van der Waals surface area contributed by atoms with Crippen LogP contribution in [0.3, 0.4) is 0 Å². The fourth-order valence-electron chi connectivity index (χ4n) is 4.98. The molecule has 1 aromatic heterocycles. The fourth-order valence-corrected chi connectivity index (χ4v) is 5.29. The average Bonchev–Trinajstić information content (AvgIpc) is 3.59. The van der Waals surface area contributed by atoms with Crippen LogP contribution in [-0.2, 0) is 4.74 Å². The van der Waals surface area contributed by atoms with E-state index in [1.807, 2.05) is 12.1 Å². The highest BCUT2D eigenvalue weighted by atomic mass is 79.9. The number of aryl methyl sites for hydroxylation is 1. The number of furan rings is 1. The standard InChI is InChI=1S/C29H32BrN5O5/c1-20-5-2-3-6-23(20)33-13-15-34(16-14-33)24-8-7-21(19-22(24)32-28(37)25-9-10-26(30)40-25)27(36)31-11-4-12-35-17-18-39-29(35)38/h2-3,5-10,19H,4,11-18H2,1H3,(H,31,36)(H,32,37). The van der Waals surface area contributed by atoms with Crippen molar-refractivity contribution in [2.45, 2.75) is 13.3 Å². The number of cyclic esters (lactones) is 1. The predicted molar refractivity (Wildman–Crippen MR) is 156 cm³/mol. The molecule has 5 rings (SSSR count). The minimum atomic E-state index is -0.402. The first-order valence-corrected chi connectivity index (χ1v) is 14.1. The molecule has 210 valence electrons. The molecule has 2 saturated heterocycles. The first kappa shape index (κ1) is 27.6. The van der Waals surface area contributed by atoms with E-state index >= 15 is 0 Å². The van der Waals surface area contributed by atoms with Crippen LogP contribution in [0.25, 0.3) is 0 Å². The van der Waals surface area contributed by atoms with Crippen LogP contribution in [0.2, 0.25) is 0 Å². The minimum Gasteiger partial charge on any atom is -0.448 e. The summed E-state index contributed by atoms with van der Waals surface area (Å²) in [5.74, 6) is -0.491. The molecule has 2 aromatic carbocycles. The zero-order valence-electron chi connectivity index (χ0n) is 22.3. The van der Waals surface area contributed by atoms with Gasteiger partial charge < -0.3 is 34.5 Å². The molecular weight excluding hydrogens is 578 g/mol. The number of nitrogens with one attached hydrogen (secondary N) is 2. The molecule has 3 amide bonds. The zero-order valence-corrected chi connectivity index (χ0v) is 23.9. The van der Waals surface area contributed by atoms with Gasteiger partial charge in [-0.15, -0.1) is 0 Å². The van der Waals surface area contributed by atoms with Crippen molar-refractivity contribution in [3.05, 3.63) is 76.2 Å². The van der Waals surface area contributed by atoms with Crippen LogP contribution in [0.5, 0.6) is 0 Å². The molecule has 0 aliphatic carbocycles. The molecule has 0 radical (unpaired) electrons. The molecule has 2 fully saturated rings. The van der Waals surface area contributed by atoms with Gasteiger partial charge in [0.05, 0.1) is 17.9 Å². The van der Waals surface area contributed by atoms with Crippen LogP contribution in [0.4, 0.5) is 21.9 Å². The second-order valence-electron chi connectivity index (χ2n) is 9.76. The number of halogens is 1. The van der Waals surface area contributed by atoms with E-state index in [-0.39, 0.29) is 17.8 Å². The molecule has 0 atom stereocenters. The number of benzene rings is 2. The summed E-state index contributed by atoms with van der Waals surface area (Å²) in [6.45, 7) is 7.20. The topological polar surface area (TPSA) is 107 Å². The van der Waals surface area contributed by atoms with E-state index in [9.17, 15) is 14.4 Å². The van der Waals surface area contributed by atoms with E-state index in [0.717, 1.165) is 31.9 Å². The third kappa shape index (κ3) is 6.41. The summed E-state index contributed by atoms with van der Waals surface area (Å²) in [6, 6.07) is 17.0. The van der Waals surface area contributed by atoms with Crippen molar-refractivity contribution in [1.82, 2.24) is 10.2 Å². The Labute approximate surface area is 241 Å². The summed E-state index contributed by atoms with van der Waals surface area (Å²) >= 11 is 3.24. The lowest BCUT2D eigenvalue weighted by molar-refractivity contribution is 0.0950. The number of hydrogen-bond acceptors (Lipinski definition) is 7. The lowest BCUT2D eigenvalue weighted by Crippen LogP contribution is -2.47. The van der Waals surface area contributed by atoms with Crippen LogP contribution >= 0.6 is 15.9 Å². The van der Waals surface area contributed by atoms with E-state index < -0.39 is 5.91 Å². The molecule has 2 N–H and O–H groups in total. The van der Waals surface area contributed by atoms with Gasteiger partial charge in [-0.05, 0) is 71.2 Å². The molecular formula is C29H32BrN5O5. The van der Waals surface area contributed by atoms with E-state index in [0.29, 0.717) is 48.6 Å². The highest BCUT2D eigenvalue weighted by Gasteiger charge is 2.24. The van der Waals surface area contributed by atoms with E-state index in [1.165, 1.54) is 11.3 Å². The molecule has 2 aliphatic heterocycles. The van der Waals surface area contributed by atoms with Crippen molar-refractivity contribution in [3.8, 4) is 0 Å². The normalized spacial score (nSPS) is 15.2. The largest absolute Gasteiger partial charge is 0.448 e. The number of carbonyl (C=O) groups is 3. The number of hydrogen-bond donors (Lipinski definition) is 2. The Morgan fingerprint density at radius 3 is 2.35 bits per heavy atom. The Bertz CT molecular complexity index is 1380. The average molecular weight is 611 g/mol. The van der Waals surface area contributed by atoms with Gasteiger partial charge in [0.2, 0.25) is 0 Å². The first-order chi connectivity index (χ1) is 19.4. The summed E-state index contributed by atoms with van der Waals surface area (Å²) < 4.78 is 10.8. The van der Waals surface area contributed by atoms with Crippen molar-refractivity contribution in [1.29, 1.82) is 0 Å². The Morgan fingerprint density at radius 2 is 1.68 bits per heavy atom. The summed E-state index contributed by atoms with van der Waals surface area (Å²) in [5, 5.41) is 5.85. The summed E-state index contributed by atoms with van der Waals surface area (Å²) in [6.07, 6.45) is 0.298. The van der Waals surface area contributed by atoms with Crippen molar-refractivity contribution < 1.29 is 23.5 Å². The molecule has 0 bridgehead atoms. The Balaban J connectivity index is 1.28. The summed E-state index contributed by atoms with van der Waals surface area (Å²) in [5.41, 5.74) is 4.28. The molecule has 0 unspecified atom stereocenters. The third-order valence-corrected chi connectivity index (χ3v) is 7.54. The molecule has 2 aliphatic rings. The second-order valence-corrected chi connectivity index (χ2v) is 10.5. The highest BCUT2D eigenvalue weighted by molar-refractivity contribution is 9.10. The Kier molecular flexibility index (Phi) is 8.59. The lowest BCUT2D eigenvalue weighted by atomic mass is 10.1. The monoisotopic (exact) mass is 609 g/mol. The highest BCUT2D eigenvalue weighted by Crippen LogP contribution is 2.31. The van der Waals surface area contributed by atoms with Crippen LogP contribution in [-0.4, -0.2) is 75.2 Å². The molecule has 10 nitrogen and oxygen atoms in total. The maximum Gasteiger partial charge on any atom is 0.409 e. The van der Waals surface area contributed by atoms with Crippen LogP contribution in [0.15, 0.2) is 63.7 Å². The molecule has 11 heteroatoms. The maximum atomic E-state index is 13.0. The molecule has 3 heterocycles. The number of carbonyl (C=O) groups excluding carboxylic acids is 3. The van der Waals surface area contributed by atoms with Crippen molar-refractivity contribution in [3.63, 3.8) is 0 Å². The van der Waals surface area contributed by atoms with Crippen molar-refractivity contribution in [2.24, 2.45) is 0 Å². The van der Waals surface area contributed by atoms with Gasteiger partial charge in [0.25, 0.3) is 11.8 Å². The number of amides is 3. The van der Waals surface area contributed by atoms with E-state index in [1.54, 1.807) is 29.2 Å². The number of rotatable bonds is 9. The molecule has 40 heavy (non-hydrogen) atoms. The third-order valence-electron chi connectivity index (χ3n) is 7.12. The number of para-hydroxylation sites is 1. The summed E-state index contributed by atoms with van der Waals surface area (Å²) in [7, 11) is 0. The molecule has 3 aromatic rings. The lowest BCUT2D eigenvalue weighted by Gasteiger charge is -2.38. The number of nitrogens with zero attached hydrogens (tertiary/aromatic N) is 3. The van der Waals surface area contributed by atoms with Gasteiger partial charge in [-0.25, -0.2) is 4.79 Å². The number of piperazine rings is 1. The Hall–Kier alpha value is -3.99. The van der Waals surface area contributed by atoms with Crippen molar-refractivity contribution >= 4 is 50.9 Å². The number of ether oxygens (including phenoxy) is 1. The van der Waals surface area contributed by atoms with Crippen LogP contribution in [0, 0.1) is 6.92 Å². The van der Waals surface area contributed by atoms with Gasteiger partial charge >= 0.3 is 6.09 Å². The van der Waals surface area contributed by atoms with Crippen LogP contribution < -0.4 is 20.4 Å². The smallest absolute Gasteiger partial charge is 0.409 e. The van der Waals surface area contributed by atoms with Crippen molar-refractivity contribution in [2.75, 3.05) is 67.5 Å². The first-order valence-electron chi connectivity index (χ1n) is 13.4. The van der Waals surface area contributed by atoms with Gasteiger partial charge in [0.15, 0.2) is 10.4 Å². The second kappa shape index (κ2) is 12.5. The van der Waals surface area contributed by atoms with Gasteiger partial charge in [-0.2, -0.15) is 0 Å². The molecule has 0 saturated carbocycles. The van der Waals surface area contributed by atoms with Gasteiger partial charge in [-0.3, -0.25) is 9.59 Å². The number of anilines is 3. The summed E-state index contributed by atoms with van der Waals surface area (Å²) in [4.78, 5) is 43.8. The van der Waals surface area contributed by atoms with Gasteiger partial charge in [0.1, 0.15) is 6.61 Å².